The summed E-state index contributed by atoms with van der Waals surface area (Å²) < 4.78 is 57.6. The van der Waals surface area contributed by atoms with Crippen molar-refractivity contribution in [3.63, 3.8) is 0 Å². The van der Waals surface area contributed by atoms with Crippen molar-refractivity contribution in [3.05, 3.63) is 77.5 Å². The SMILES string of the molecule is N#Cc1cc(F)c(F)c(-c2ccc3ncc(-c4cc(F)cc(F)c4)c(N4CCC(N)C(C#N)C4)c3c2)c1O. The van der Waals surface area contributed by atoms with Gasteiger partial charge in [0.15, 0.2) is 11.6 Å². The third-order valence-electron chi connectivity index (χ3n) is 6.76. The number of nitrogens with zero attached hydrogens (tertiary/aromatic N) is 4. The summed E-state index contributed by atoms with van der Waals surface area (Å²) in [4.78, 5) is 6.27. The zero-order valence-corrected chi connectivity index (χ0v) is 19.7. The van der Waals surface area contributed by atoms with Crippen LogP contribution in [0.15, 0.2) is 48.7 Å². The van der Waals surface area contributed by atoms with Gasteiger partial charge in [-0.2, -0.15) is 10.5 Å². The minimum Gasteiger partial charge on any atom is -0.506 e. The van der Waals surface area contributed by atoms with E-state index in [1.165, 1.54) is 24.4 Å². The van der Waals surface area contributed by atoms with Crippen LogP contribution >= 0.6 is 0 Å². The van der Waals surface area contributed by atoms with Crippen molar-refractivity contribution >= 4 is 16.6 Å². The Balaban J connectivity index is 1.81. The number of benzene rings is 3. The molecule has 0 bridgehead atoms. The van der Waals surface area contributed by atoms with Crippen LogP contribution in [0.2, 0.25) is 0 Å². The van der Waals surface area contributed by atoms with Gasteiger partial charge < -0.3 is 15.7 Å². The number of phenolic OH excluding ortho intramolecular Hbond substituents is 1. The van der Waals surface area contributed by atoms with Gasteiger partial charge in [0.05, 0.1) is 34.3 Å². The minimum atomic E-state index is -1.34. The van der Waals surface area contributed by atoms with Crippen molar-refractivity contribution in [1.29, 1.82) is 10.5 Å². The largest absolute Gasteiger partial charge is 0.506 e. The summed E-state index contributed by atoms with van der Waals surface area (Å²) in [7, 11) is 0. The molecule has 1 aromatic heterocycles. The van der Waals surface area contributed by atoms with Gasteiger partial charge in [-0.15, -0.1) is 0 Å². The average Bonchev–Trinajstić information content (AvgIpc) is 2.90. The lowest BCUT2D eigenvalue weighted by Gasteiger charge is -2.37. The number of phenols is 1. The van der Waals surface area contributed by atoms with Gasteiger partial charge in [0, 0.05) is 42.3 Å². The molecular formula is C28H19F4N5O. The fourth-order valence-corrected chi connectivity index (χ4v) is 4.87. The summed E-state index contributed by atoms with van der Waals surface area (Å²) in [6.45, 7) is 0.621. The third kappa shape index (κ3) is 4.25. The second-order valence-corrected chi connectivity index (χ2v) is 9.10. The van der Waals surface area contributed by atoms with Gasteiger partial charge in [-0.3, -0.25) is 4.98 Å². The maximum atomic E-state index is 14.9. The zero-order chi connectivity index (χ0) is 27.1. The molecule has 6 nitrogen and oxygen atoms in total. The zero-order valence-electron chi connectivity index (χ0n) is 19.7. The van der Waals surface area contributed by atoms with Crippen molar-refractivity contribution < 1.29 is 22.7 Å². The molecular weight excluding hydrogens is 498 g/mol. The second kappa shape index (κ2) is 9.66. The van der Waals surface area contributed by atoms with E-state index in [0.29, 0.717) is 41.2 Å². The standard InChI is InChI=1S/C28H19F4N5O/c29-18-5-15(6-19(30)9-18)21-12-36-24-2-1-14(25-26(32)22(31)8-16(10-33)28(25)38)7-20(24)27(21)37-4-3-23(35)17(11-34)13-37/h1-2,5-9,12,17,23,38H,3-4,13,35H2. The molecule has 3 aromatic carbocycles. The highest BCUT2D eigenvalue weighted by Gasteiger charge is 2.30. The second-order valence-electron chi connectivity index (χ2n) is 9.10. The number of aromatic hydroxyl groups is 1. The Morgan fingerprint density at radius 1 is 1.00 bits per heavy atom. The van der Waals surface area contributed by atoms with Crippen LogP contribution in [0.25, 0.3) is 33.2 Å². The van der Waals surface area contributed by atoms with E-state index in [1.54, 1.807) is 6.07 Å². The Hall–Kier alpha value is -4.67. The van der Waals surface area contributed by atoms with Crippen molar-refractivity contribution in [2.75, 3.05) is 18.0 Å². The van der Waals surface area contributed by atoms with Crippen LogP contribution in [-0.4, -0.2) is 29.2 Å². The first-order valence-electron chi connectivity index (χ1n) is 11.6. The molecule has 1 aliphatic heterocycles. The van der Waals surface area contributed by atoms with Gasteiger partial charge in [-0.1, -0.05) is 6.07 Å². The topological polar surface area (TPSA) is 110 Å². The van der Waals surface area contributed by atoms with Crippen LogP contribution in [-0.2, 0) is 0 Å². The predicted octanol–water partition coefficient (Wildman–Crippen LogP) is 5.38. The maximum absolute atomic E-state index is 14.9. The van der Waals surface area contributed by atoms with E-state index < -0.39 is 46.1 Å². The van der Waals surface area contributed by atoms with Gasteiger partial charge in [-0.25, -0.2) is 17.6 Å². The van der Waals surface area contributed by atoms with E-state index in [1.807, 2.05) is 4.90 Å². The summed E-state index contributed by atoms with van der Waals surface area (Å²) in [6.07, 6.45) is 1.92. The lowest BCUT2D eigenvalue weighted by atomic mass is 9.91. The van der Waals surface area contributed by atoms with Crippen molar-refractivity contribution in [2.24, 2.45) is 11.7 Å². The van der Waals surface area contributed by atoms with E-state index in [9.17, 15) is 33.2 Å². The van der Waals surface area contributed by atoms with Crippen LogP contribution < -0.4 is 10.6 Å². The summed E-state index contributed by atoms with van der Waals surface area (Å²) in [6, 6.07) is 11.5. The number of nitrogens with two attached hydrogens (primary N) is 1. The van der Waals surface area contributed by atoms with Crippen molar-refractivity contribution in [2.45, 2.75) is 12.5 Å². The predicted molar refractivity (Wildman–Crippen MR) is 133 cm³/mol. The molecule has 1 saturated heterocycles. The number of rotatable bonds is 3. The molecule has 38 heavy (non-hydrogen) atoms. The molecule has 4 aromatic rings. The van der Waals surface area contributed by atoms with Crippen molar-refractivity contribution in [1.82, 2.24) is 4.98 Å². The van der Waals surface area contributed by atoms with E-state index >= 15 is 0 Å². The molecule has 1 aliphatic rings. The monoisotopic (exact) mass is 517 g/mol. The van der Waals surface area contributed by atoms with Gasteiger partial charge in [0.1, 0.15) is 23.5 Å². The lowest BCUT2D eigenvalue weighted by molar-refractivity contribution is 0.425. The number of nitriles is 2. The van der Waals surface area contributed by atoms with Gasteiger partial charge in [0.25, 0.3) is 0 Å². The van der Waals surface area contributed by atoms with Crippen molar-refractivity contribution in [3.8, 4) is 40.1 Å². The first kappa shape index (κ1) is 25.0. The van der Waals surface area contributed by atoms with E-state index in [2.05, 4.69) is 11.1 Å². The molecule has 2 unspecified atom stereocenters. The fourth-order valence-electron chi connectivity index (χ4n) is 4.87. The van der Waals surface area contributed by atoms with E-state index in [4.69, 9.17) is 5.73 Å². The van der Waals surface area contributed by atoms with Gasteiger partial charge >= 0.3 is 0 Å². The number of halogens is 4. The Bertz CT molecular complexity index is 1660. The number of anilines is 1. The molecule has 3 N–H and O–H groups in total. The van der Waals surface area contributed by atoms with Crippen LogP contribution in [0, 0.1) is 51.8 Å². The lowest BCUT2D eigenvalue weighted by Crippen LogP contribution is -2.46. The highest BCUT2D eigenvalue weighted by molar-refractivity contribution is 6.02. The number of piperidine rings is 1. The number of hydrogen-bond donors (Lipinski definition) is 2. The Morgan fingerprint density at radius 3 is 2.42 bits per heavy atom. The molecule has 0 aliphatic carbocycles. The Morgan fingerprint density at radius 2 is 1.74 bits per heavy atom. The first-order valence-corrected chi connectivity index (χ1v) is 11.6. The summed E-state index contributed by atoms with van der Waals surface area (Å²) >= 11 is 0. The maximum Gasteiger partial charge on any atom is 0.170 e. The minimum absolute atomic E-state index is 0.0552. The fraction of sp³-hybridized carbons (Fsp3) is 0.179. The van der Waals surface area contributed by atoms with E-state index in [-0.39, 0.29) is 23.7 Å². The third-order valence-corrected chi connectivity index (χ3v) is 6.76. The molecule has 0 spiro atoms. The average molecular weight is 517 g/mol. The molecule has 190 valence electrons. The van der Waals surface area contributed by atoms with Crippen LogP contribution in [0.5, 0.6) is 5.75 Å². The summed E-state index contributed by atoms with van der Waals surface area (Å²) in [5.41, 5.74) is 6.64. The normalized spacial score (nSPS) is 17.3. The van der Waals surface area contributed by atoms with Crippen LogP contribution in [0.1, 0.15) is 12.0 Å². The van der Waals surface area contributed by atoms with Crippen LogP contribution in [0.3, 0.4) is 0 Å². The van der Waals surface area contributed by atoms with Gasteiger partial charge in [-0.05, 0) is 47.9 Å². The molecule has 0 radical (unpaired) electrons. The molecule has 0 amide bonds. The summed E-state index contributed by atoms with van der Waals surface area (Å²) in [5, 5.41) is 29.8. The molecule has 10 heteroatoms. The summed E-state index contributed by atoms with van der Waals surface area (Å²) in [5.74, 6) is -5.50. The van der Waals surface area contributed by atoms with E-state index in [0.717, 1.165) is 18.2 Å². The molecule has 2 atom stereocenters. The molecule has 2 heterocycles. The number of fused-ring (bicyclic) bond motifs is 1. The van der Waals surface area contributed by atoms with Crippen LogP contribution in [0.4, 0.5) is 23.2 Å². The quantitative estimate of drug-likeness (QED) is 0.353. The molecule has 0 saturated carbocycles. The smallest absolute Gasteiger partial charge is 0.170 e. The number of hydrogen-bond acceptors (Lipinski definition) is 6. The first-order chi connectivity index (χ1) is 18.2. The Kier molecular flexibility index (Phi) is 6.35. The Labute approximate surface area is 214 Å². The highest BCUT2D eigenvalue weighted by atomic mass is 19.2. The molecule has 1 fully saturated rings. The number of aromatic nitrogens is 1. The number of pyridine rings is 1. The van der Waals surface area contributed by atoms with Gasteiger partial charge in [0.2, 0.25) is 0 Å². The molecule has 5 rings (SSSR count). The highest BCUT2D eigenvalue weighted by Crippen LogP contribution is 2.42.